The summed E-state index contributed by atoms with van der Waals surface area (Å²) in [5, 5.41) is 6.96. The maximum Gasteiger partial charge on any atom is 0.245 e. The minimum absolute atomic E-state index is 0.137. The van der Waals surface area contributed by atoms with Gasteiger partial charge in [0.25, 0.3) is 0 Å². The van der Waals surface area contributed by atoms with Crippen LogP contribution in [-0.4, -0.2) is 41.4 Å². The monoisotopic (exact) mass is 291 g/mol. The van der Waals surface area contributed by atoms with E-state index in [1.54, 1.807) is 12.1 Å². The number of methoxy groups -OCH3 is 1. The molecule has 21 heavy (non-hydrogen) atoms. The summed E-state index contributed by atoms with van der Waals surface area (Å²) in [7, 11) is 1.50. The van der Waals surface area contributed by atoms with Crippen molar-refractivity contribution in [3.8, 4) is 17.1 Å². The number of aromatic nitrogens is 3. The zero-order valence-corrected chi connectivity index (χ0v) is 11.8. The largest absolute Gasteiger partial charge is 0.497 e. The number of nitrogens with two attached hydrogens (primary N) is 1. The number of halogens is 1. The highest BCUT2D eigenvalue weighted by molar-refractivity contribution is 5.58. The normalized spacial score (nSPS) is 18.8. The van der Waals surface area contributed by atoms with Crippen LogP contribution in [0.5, 0.6) is 5.75 Å². The molecule has 7 heteroatoms. The van der Waals surface area contributed by atoms with E-state index in [2.05, 4.69) is 15.2 Å². The molecular weight excluding hydrogens is 273 g/mol. The number of H-pyrrole nitrogens is 1. The van der Waals surface area contributed by atoms with Crippen molar-refractivity contribution in [3.05, 3.63) is 24.0 Å². The van der Waals surface area contributed by atoms with Gasteiger partial charge in [-0.3, -0.25) is 5.10 Å². The van der Waals surface area contributed by atoms with Gasteiger partial charge in [0.15, 0.2) is 5.82 Å². The number of rotatable bonds is 3. The number of nitrogens with zero attached hydrogens (tertiary/aromatic N) is 3. The van der Waals surface area contributed by atoms with Gasteiger partial charge < -0.3 is 15.4 Å². The van der Waals surface area contributed by atoms with Gasteiger partial charge in [-0.25, -0.2) is 4.39 Å². The summed E-state index contributed by atoms with van der Waals surface area (Å²) >= 11 is 0. The molecule has 1 fully saturated rings. The summed E-state index contributed by atoms with van der Waals surface area (Å²) in [6.07, 6.45) is 2.03. The van der Waals surface area contributed by atoms with Gasteiger partial charge in [-0.2, -0.15) is 4.98 Å². The van der Waals surface area contributed by atoms with Gasteiger partial charge in [0.2, 0.25) is 5.95 Å². The van der Waals surface area contributed by atoms with Crippen LogP contribution in [0.4, 0.5) is 10.3 Å². The number of ether oxygens (including phenoxy) is 1. The molecule has 2 heterocycles. The van der Waals surface area contributed by atoms with Crippen LogP contribution in [0.3, 0.4) is 0 Å². The minimum atomic E-state index is -0.396. The second-order valence-corrected chi connectivity index (χ2v) is 5.18. The van der Waals surface area contributed by atoms with Crippen LogP contribution in [0.25, 0.3) is 11.4 Å². The van der Waals surface area contributed by atoms with Gasteiger partial charge in [0.1, 0.15) is 11.6 Å². The standard InChI is InChI=1S/C14H18FN5O/c1-21-10-4-5-11(12(15)7-10)13-17-14(19-18-13)20-6-2-3-9(16)8-20/h4-5,7,9H,2-3,6,8,16H2,1H3,(H,17,18,19). The molecule has 0 bridgehead atoms. The highest BCUT2D eigenvalue weighted by atomic mass is 19.1. The molecule has 1 aliphatic rings. The SMILES string of the molecule is COc1ccc(-c2nc(N3CCCC(N)C3)n[nH]2)c(F)c1. The zero-order chi connectivity index (χ0) is 14.8. The Kier molecular flexibility index (Phi) is 3.74. The Morgan fingerprint density at radius 1 is 1.48 bits per heavy atom. The Bertz CT molecular complexity index is 630. The van der Waals surface area contributed by atoms with Gasteiger partial charge in [0, 0.05) is 25.2 Å². The van der Waals surface area contributed by atoms with E-state index in [9.17, 15) is 4.39 Å². The molecule has 0 spiro atoms. The van der Waals surface area contributed by atoms with Crippen LogP contribution in [0.1, 0.15) is 12.8 Å². The molecule has 1 atom stereocenters. The van der Waals surface area contributed by atoms with Gasteiger partial charge >= 0.3 is 0 Å². The fourth-order valence-electron chi connectivity index (χ4n) is 2.52. The third-order valence-electron chi connectivity index (χ3n) is 3.65. The van der Waals surface area contributed by atoms with Crippen LogP contribution in [-0.2, 0) is 0 Å². The van der Waals surface area contributed by atoms with Crippen molar-refractivity contribution in [1.82, 2.24) is 15.2 Å². The zero-order valence-electron chi connectivity index (χ0n) is 11.8. The van der Waals surface area contributed by atoms with E-state index in [1.165, 1.54) is 13.2 Å². The first-order chi connectivity index (χ1) is 10.2. The summed E-state index contributed by atoms with van der Waals surface area (Å²) in [5.41, 5.74) is 6.33. The van der Waals surface area contributed by atoms with E-state index in [0.29, 0.717) is 23.1 Å². The van der Waals surface area contributed by atoms with E-state index in [0.717, 1.165) is 25.9 Å². The molecule has 0 amide bonds. The number of aromatic amines is 1. The molecule has 6 nitrogen and oxygen atoms in total. The van der Waals surface area contributed by atoms with Crippen LogP contribution in [0.2, 0.25) is 0 Å². The highest BCUT2D eigenvalue weighted by Gasteiger charge is 2.21. The van der Waals surface area contributed by atoms with E-state index >= 15 is 0 Å². The molecule has 1 aliphatic heterocycles. The number of nitrogens with one attached hydrogen (secondary N) is 1. The second-order valence-electron chi connectivity index (χ2n) is 5.18. The lowest BCUT2D eigenvalue weighted by atomic mass is 10.1. The molecule has 0 saturated carbocycles. The summed E-state index contributed by atoms with van der Waals surface area (Å²) in [5.74, 6) is 1.05. The average molecular weight is 291 g/mol. The van der Waals surface area contributed by atoms with Crippen molar-refractivity contribution in [3.63, 3.8) is 0 Å². The fourth-order valence-corrected chi connectivity index (χ4v) is 2.52. The molecule has 1 aromatic carbocycles. The van der Waals surface area contributed by atoms with Crippen molar-refractivity contribution < 1.29 is 9.13 Å². The summed E-state index contributed by atoms with van der Waals surface area (Å²) in [6, 6.07) is 4.78. The van der Waals surface area contributed by atoms with Gasteiger partial charge in [0.05, 0.1) is 12.7 Å². The summed E-state index contributed by atoms with van der Waals surface area (Å²) in [4.78, 5) is 6.40. The molecule has 1 unspecified atom stereocenters. The molecule has 0 aliphatic carbocycles. The van der Waals surface area contributed by atoms with Gasteiger partial charge in [-0.1, -0.05) is 0 Å². The van der Waals surface area contributed by atoms with Crippen LogP contribution < -0.4 is 15.4 Å². The lowest BCUT2D eigenvalue weighted by Gasteiger charge is -2.29. The molecule has 1 aromatic heterocycles. The first-order valence-electron chi connectivity index (χ1n) is 6.94. The van der Waals surface area contributed by atoms with E-state index in [4.69, 9.17) is 10.5 Å². The number of benzene rings is 1. The van der Waals surface area contributed by atoms with E-state index < -0.39 is 5.82 Å². The topological polar surface area (TPSA) is 80.1 Å². The Morgan fingerprint density at radius 3 is 3.05 bits per heavy atom. The minimum Gasteiger partial charge on any atom is -0.497 e. The number of hydrogen-bond donors (Lipinski definition) is 2. The quantitative estimate of drug-likeness (QED) is 0.897. The maximum absolute atomic E-state index is 14.0. The van der Waals surface area contributed by atoms with E-state index in [1.807, 2.05) is 4.90 Å². The molecule has 112 valence electrons. The summed E-state index contributed by atoms with van der Waals surface area (Å²) < 4.78 is 19.0. The Balaban J connectivity index is 1.84. The Morgan fingerprint density at radius 2 is 2.33 bits per heavy atom. The molecular formula is C14H18FN5O. The van der Waals surface area contributed by atoms with Crippen LogP contribution in [0.15, 0.2) is 18.2 Å². The number of piperidine rings is 1. The first-order valence-corrected chi connectivity index (χ1v) is 6.94. The average Bonchev–Trinajstić information content (AvgIpc) is 2.96. The van der Waals surface area contributed by atoms with Gasteiger partial charge in [-0.05, 0) is 25.0 Å². The molecule has 3 N–H and O–H groups in total. The lowest BCUT2D eigenvalue weighted by molar-refractivity contribution is 0.411. The number of hydrogen-bond acceptors (Lipinski definition) is 5. The maximum atomic E-state index is 14.0. The van der Waals surface area contributed by atoms with Crippen LogP contribution in [0, 0.1) is 5.82 Å². The lowest BCUT2D eigenvalue weighted by Crippen LogP contribution is -2.43. The predicted molar refractivity (Wildman–Crippen MR) is 77.8 cm³/mol. The predicted octanol–water partition coefficient (Wildman–Crippen LogP) is 1.55. The van der Waals surface area contributed by atoms with Crippen molar-refractivity contribution in [2.45, 2.75) is 18.9 Å². The smallest absolute Gasteiger partial charge is 0.245 e. The van der Waals surface area contributed by atoms with Crippen molar-refractivity contribution >= 4 is 5.95 Å². The molecule has 0 radical (unpaired) electrons. The third-order valence-corrected chi connectivity index (χ3v) is 3.65. The fraction of sp³-hybridized carbons (Fsp3) is 0.429. The van der Waals surface area contributed by atoms with E-state index in [-0.39, 0.29) is 6.04 Å². The molecule has 3 rings (SSSR count). The second kappa shape index (κ2) is 5.69. The highest BCUT2D eigenvalue weighted by Crippen LogP contribution is 2.25. The number of anilines is 1. The van der Waals surface area contributed by atoms with Crippen LogP contribution >= 0.6 is 0 Å². The molecule has 2 aromatic rings. The summed E-state index contributed by atoms with van der Waals surface area (Å²) in [6.45, 7) is 1.60. The first kappa shape index (κ1) is 13.8. The third kappa shape index (κ3) is 2.82. The van der Waals surface area contributed by atoms with Gasteiger partial charge in [-0.15, -0.1) is 5.10 Å². The van der Waals surface area contributed by atoms with Crippen molar-refractivity contribution in [2.24, 2.45) is 5.73 Å². The molecule has 1 saturated heterocycles. The Hall–Kier alpha value is -2.15. The van der Waals surface area contributed by atoms with Crippen molar-refractivity contribution in [2.75, 3.05) is 25.1 Å². The van der Waals surface area contributed by atoms with Crippen molar-refractivity contribution in [1.29, 1.82) is 0 Å². The Labute approximate surface area is 122 Å².